The van der Waals surface area contributed by atoms with Crippen molar-refractivity contribution in [2.45, 2.75) is 39.3 Å². The molecule has 2 aromatic heterocycles. The standard InChI is InChI=1S/C26H25F2N3O2/c1-15(2)25-24(26(33)30-14-17-7-10-20(27)21(28)12-17)19-9-8-18(32)13-23(19)31(25)16(3)22-6-4-5-11-29-22/h4-13,15-16,32H,14H2,1-3H3,(H,30,33). The molecule has 0 saturated carbocycles. The largest absolute Gasteiger partial charge is 0.508 e. The van der Waals surface area contributed by atoms with Gasteiger partial charge in [0.25, 0.3) is 5.91 Å². The molecule has 0 spiro atoms. The molecule has 0 radical (unpaired) electrons. The maximum Gasteiger partial charge on any atom is 0.254 e. The second-order valence-corrected chi connectivity index (χ2v) is 8.35. The minimum atomic E-state index is -0.958. The summed E-state index contributed by atoms with van der Waals surface area (Å²) in [5, 5.41) is 13.7. The monoisotopic (exact) mass is 449 g/mol. The molecule has 1 atom stereocenters. The molecule has 5 nitrogen and oxygen atoms in total. The van der Waals surface area contributed by atoms with Gasteiger partial charge in [0.05, 0.1) is 22.8 Å². The summed E-state index contributed by atoms with van der Waals surface area (Å²) >= 11 is 0. The Labute approximate surface area is 190 Å². The highest BCUT2D eigenvalue weighted by atomic mass is 19.2. The number of halogens is 2. The van der Waals surface area contributed by atoms with Gasteiger partial charge in [0.15, 0.2) is 11.6 Å². The molecule has 0 aliphatic rings. The molecule has 4 aromatic rings. The van der Waals surface area contributed by atoms with Crippen LogP contribution >= 0.6 is 0 Å². The van der Waals surface area contributed by atoms with E-state index in [1.807, 2.05) is 43.5 Å². The van der Waals surface area contributed by atoms with Gasteiger partial charge in [-0.3, -0.25) is 9.78 Å². The summed E-state index contributed by atoms with van der Waals surface area (Å²) in [5.74, 6) is -2.14. The van der Waals surface area contributed by atoms with Gasteiger partial charge >= 0.3 is 0 Å². The topological polar surface area (TPSA) is 67.2 Å². The van der Waals surface area contributed by atoms with Gasteiger partial charge < -0.3 is 15.0 Å². The van der Waals surface area contributed by atoms with Gasteiger partial charge in [-0.15, -0.1) is 0 Å². The number of carbonyl (C=O) groups excluding carboxylic acids is 1. The summed E-state index contributed by atoms with van der Waals surface area (Å²) in [6.07, 6.45) is 1.72. The lowest BCUT2D eigenvalue weighted by Crippen LogP contribution is -2.25. The number of aromatic hydroxyl groups is 1. The molecule has 7 heteroatoms. The lowest BCUT2D eigenvalue weighted by Gasteiger charge is -2.21. The zero-order chi connectivity index (χ0) is 23.7. The van der Waals surface area contributed by atoms with E-state index in [1.54, 1.807) is 24.4 Å². The Morgan fingerprint density at radius 1 is 1.06 bits per heavy atom. The summed E-state index contributed by atoms with van der Waals surface area (Å²) in [4.78, 5) is 17.9. The highest BCUT2D eigenvalue weighted by molar-refractivity contribution is 6.09. The van der Waals surface area contributed by atoms with Gasteiger partial charge in [0.1, 0.15) is 5.75 Å². The van der Waals surface area contributed by atoms with Crippen molar-refractivity contribution in [3.8, 4) is 5.75 Å². The zero-order valence-electron chi connectivity index (χ0n) is 18.6. The summed E-state index contributed by atoms with van der Waals surface area (Å²) < 4.78 is 28.9. The molecule has 2 N–H and O–H groups in total. The number of aromatic nitrogens is 2. The van der Waals surface area contributed by atoms with E-state index >= 15 is 0 Å². The third kappa shape index (κ3) is 4.31. The van der Waals surface area contributed by atoms with Gasteiger partial charge in [0.2, 0.25) is 0 Å². The maximum atomic E-state index is 13.6. The number of phenolic OH excluding ortho intramolecular Hbond substituents is 1. The third-order valence-corrected chi connectivity index (χ3v) is 5.74. The third-order valence-electron chi connectivity index (χ3n) is 5.74. The fourth-order valence-electron chi connectivity index (χ4n) is 4.22. The fraction of sp³-hybridized carbons (Fsp3) is 0.231. The Bertz CT molecular complexity index is 1320. The van der Waals surface area contributed by atoms with Gasteiger partial charge in [-0.05, 0) is 54.8 Å². The number of rotatable bonds is 6. The van der Waals surface area contributed by atoms with Crippen molar-refractivity contribution in [2.24, 2.45) is 0 Å². The van der Waals surface area contributed by atoms with Crippen LogP contribution in [0.4, 0.5) is 8.78 Å². The Kier molecular flexibility index (Phi) is 6.14. The predicted octanol–water partition coefficient (Wildman–Crippen LogP) is 5.68. The van der Waals surface area contributed by atoms with Gasteiger partial charge in [-0.1, -0.05) is 26.0 Å². The lowest BCUT2D eigenvalue weighted by molar-refractivity contribution is 0.0950. The molecule has 4 rings (SSSR count). The number of hydrogen-bond acceptors (Lipinski definition) is 3. The fourth-order valence-corrected chi connectivity index (χ4v) is 4.22. The summed E-state index contributed by atoms with van der Waals surface area (Å²) in [7, 11) is 0. The molecule has 0 saturated heterocycles. The smallest absolute Gasteiger partial charge is 0.254 e. The quantitative estimate of drug-likeness (QED) is 0.398. The van der Waals surface area contributed by atoms with Crippen LogP contribution in [0.2, 0.25) is 0 Å². The van der Waals surface area contributed by atoms with E-state index < -0.39 is 11.6 Å². The van der Waals surface area contributed by atoms with Crippen LogP contribution in [0.1, 0.15) is 60.0 Å². The second kappa shape index (κ2) is 9.02. The van der Waals surface area contributed by atoms with Crippen LogP contribution in [0.3, 0.4) is 0 Å². The summed E-state index contributed by atoms with van der Waals surface area (Å²) in [6, 6.07) is 14.0. The van der Waals surface area contributed by atoms with Gasteiger partial charge in [-0.25, -0.2) is 8.78 Å². The number of benzene rings is 2. The molecule has 33 heavy (non-hydrogen) atoms. The van der Waals surface area contributed by atoms with Crippen molar-refractivity contribution in [1.82, 2.24) is 14.9 Å². The molecule has 170 valence electrons. The molecule has 1 amide bonds. The van der Waals surface area contributed by atoms with Crippen LogP contribution in [0.5, 0.6) is 5.75 Å². The van der Waals surface area contributed by atoms with E-state index in [2.05, 4.69) is 10.3 Å². The van der Waals surface area contributed by atoms with Crippen LogP contribution in [0.15, 0.2) is 60.8 Å². The Morgan fingerprint density at radius 2 is 1.85 bits per heavy atom. The highest BCUT2D eigenvalue weighted by Crippen LogP contribution is 2.37. The molecular formula is C26H25F2N3O2. The molecule has 0 aliphatic carbocycles. The van der Waals surface area contributed by atoms with Crippen LogP contribution in [0.25, 0.3) is 10.9 Å². The summed E-state index contributed by atoms with van der Waals surface area (Å²) in [6.45, 7) is 6.05. The van der Waals surface area contributed by atoms with Crippen LogP contribution in [-0.4, -0.2) is 20.6 Å². The lowest BCUT2D eigenvalue weighted by atomic mass is 10.0. The first-order chi connectivity index (χ1) is 15.8. The number of phenols is 1. The van der Waals surface area contributed by atoms with E-state index in [0.717, 1.165) is 29.0 Å². The van der Waals surface area contributed by atoms with Crippen LogP contribution in [0, 0.1) is 11.6 Å². The minimum Gasteiger partial charge on any atom is -0.508 e. The average molecular weight is 450 g/mol. The van der Waals surface area contributed by atoms with E-state index in [1.165, 1.54) is 6.07 Å². The van der Waals surface area contributed by atoms with E-state index in [4.69, 9.17) is 0 Å². The number of amides is 1. The van der Waals surface area contributed by atoms with E-state index in [-0.39, 0.29) is 30.2 Å². The predicted molar refractivity (Wildman–Crippen MR) is 123 cm³/mol. The van der Waals surface area contributed by atoms with Crippen molar-refractivity contribution in [1.29, 1.82) is 0 Å². The molecule has 2 heterocycles. The Hall–Kier alpha value is -3.74. The number of fused-ring (bicyclic) bond motifs is 1. The van der Waals surface area contributed by atoms with Crippen molar-refractivity contribution in [3.05, 3.63) is 94.9 Å². The average Bonchev–Trinajstić information content (AvgIpc) is 3.14. The van der Waals surface area contributed by atoms with Crippen molar-refractivity contribution < 1.29 is 18.7 Å². The molecule has 0 bridgehead atoms. The Morgan fingerprint density at radius 3 is 2.52 bits per heavy atom. The summed E-state index contributed by atoms with van der Waals surface area (Å²) in [5.41, 5.74) is 3.29. The highest BCUT2D eigenvalue weighted by Gasteiger charge is 2.27. The molecule has 0 fully saturated rings. The molecule has 0 aliphatic heterocycles. The number of nitrogens with zero attached hydrogens (tertiary/aromatic N) is 2. The normalized spacial score (nSPS) is 12.3. The van der Waals surface area contributed by atoms with E-state index in [0.29, 0.717) is 16.5 Å². The van der Waals surface area contributed by atoms with Crippen molar-refractivity contribution in [3.63, 3.8) is 0 Å². The number of carbonyl (C=O) groups is 1. The van der Waals surface area contributed by atoms with Gasteiger partial charge in [0, 0.05) is 29.9 Å². The SMILES string of the molecule is CC(C)c1c(C(=O)NCc2ccc(F)c(F)c2)c2ccc(O)cc2n1C(C)c1ccccn1. The molecule has 2 aromatic carbocycles. The van der Waals surface area contributed by atoms with Gasteiger partial charge in [-0.2, -0.15) is 0 Å². The number of nitrogens with one attached hydrogen (secondary N) is 1. The first-order valence-corrected chi connectivity index (χ1v) is 10.8. The van der Waals surface area contributed by atoms with Crippen molar-refractivity contribution >= 4 is 16.8 Å². The maximum absolute atomic E-state index is 13.6. The second-order valence-electron chi connectivity index (χ2n) is 8.35. The Balaban J connectivity index is 1.81. The van der Waals surface area contributed by atoms with Crippen LogP contribution in [-0.2, 0) is 6.54 Å². The minimum absolute atomic E-state index is 0.0188. The molecule has 1 unspecified atom stereocenters. The first kappa shape index (κ1) is 22.5. The number of hydrogen-bond donors (Lipinski definition) is 2. The van der Waals surface area contributed by atoms with E-state index in [9.17, 15) is 18.7 Å². The van der Waals surface area contributed by atoms with Crippen molar-refractivity contribution in [2.75, 3.05) is 0 Å². The zero-order valence-corrected chi connectivity index (χ0v) is 18.6. The molecular weight excluding hydrogens is 424 g/mol. The first-order valence-electron chi connectivity index (χ1n) is 10.8. The number of pyridine rings is 1. The van der Waals surface area contributed by atoms with Crippen LogP contribution < -0.4 is 5.32 Å².